The monoisotopic (exact) mass is 237 g/mol. The van der Waals surface area contributed by atoms with Crippen molar-refractivity contribution < 1.29 is 14.6 Å². The molecule has 94 valence electrons. The molecular formula is C13H19NO3. The zero-order valence-electron chi connectivity index (χ0n) is 10.3. The van der Waals surface area contributed by atoms with Crippen LogP contribution in [0.3, 0.4) is 0 Å². The molecule has 1 saturated heterocycles. The van der Waals surface area contributed by atoms with E-state index in [2.05, 4.69) is 4.90 Å². The van der Waals surface area contributed by atoms with Gasteiger partial charge in [-0.3, -0.25) is 0 Å². The van der Waals surface area contributed by atoms with Crippen molar-refractivity contribution in [3.8, 4) is 11.5 Å². The average molecular weight is 237 g/mol. The third-order valence-electron chi connectivity index (χ3n) is 3.12. The summed E-state index contributed by atoms with van der Waals surface area (Å²) in [6.45, 7) is 1.60. The molecule has 2 rings (SSSR count). The molecule has 0 saturated carbocycles. The Labute approximate surface area is 102 Å². The van der Waals surface area contributed by atoms with Crippen molar-refractivity contribution in [3.63, 3.8) is 0 Å². The lowest BCUT2D eigenvalue weighted by Gasteiger charge is -2.33. The van der Waals surface area contributed by atoms with Gasteiger partial charge in [0.1, 0.15) is 11.5 Å². The topological polar surface area (TPSA) is 41.9 Å². The number of β-amino-alcohol motifs (C(OH)–C–C–N with tert-alkyl or cyclic N) is 1. The van der Waals surface area contributed by atoms with Crippen LogP contribution in [0.5, 0.6) is 11.5 Å². The van der Waals surface area contributed by atoms with E-state index in [0.29, 0.717) is 6.54 Å². The van der Waals surface area contributed by atoms with Gasteiger partial charge in [0.25, 0.3) is 0 Å². The molecule has 1 fully saturated rings. The Morgan fingerprint density at radius 3 is 2.76 bits per heavy atom. The Morgan fingerprint density at radius 2 is 2.12 bits per heavy atom. The molecule has 1 N–H and O–H groups in total. The second kappa shape index (κ2) is 5.27. The second-order valence-corrected chi connectivity index (χ2v) is 4.28. The largest absolute Gasteiger partial charge is 0.497 e. The predicted molar refractivity (Wildman–Crippen MR) is 67.0 cm³/mol. The summed E-state index contributed by atoms with van der Waals surface area (Å²) in [6, 6.07) is 5.73. The Morgan fingerprint density at radius 1 is 1.29 bits per heavy atom. The number of aliphatic hydroxyl groups is 1. The van der Waals surface area contributed by atoms with Gasteiger partial charge >= 0.3 is 0 Å². The minimum absolute atomic E-state index is 0.250. The van der Waals surface area contributed by atoms with E-state index in [0.717, 1.165) is 36.6 Å². The van der Waals surface area contributed by atoms with Crippen molar-refractivity contribution in [1.29, 1.82) is 0 Å². The maximum atomic E-state index is 9.72. The van der Waals surface area contributed by atoms with E-state index >= 15 is 0 Å². The minimum atomic E-state index is -0.250. The Balaban J connectivity index is 2.27. The fourth-order valence-corrected chi connectivity index (χ4v) is 2.22. The van der Waals surface area contributed by atoms with Crippen LogP contribution in [-0.4, -0.2) is 38.5 Å². The molecule has 0 aliphatic carbocycles. The summed E-state index contributed by atoms with van der Waals surface area (Å²) in [5, 5.41) is 9.72. The highest BCUT2D eigenvalue weighted by Crippen LogP contribution is 2.33. The molecule has 0 amide bonds. The van der Waals surface area contributed by atoms with Crippen LogP contribution >= 0.6 is 0 Å². The second-order valence-electron chi connectivity index (χ2n) is 4.28. The van der Waals surface area contributed by atoms with Gasteiger partial charge in [-0.2, -0.15) is 0 Å². The molecule has 1 aromatic rings. The van der Waals surface area contributed by atoms with Crippen LogP contribution in [0.25, 0.3) is 0 Å². The highest BCUT2D eigenvalue weighted by Gasteiger charge is 2.20. The van der Waals surface area contributed by atoms with Crippen molar-refractivity contribution in [2.75, 3.05) is 32.2 Å². The summed E-state index contributed by atoms with van der Waals surface area (Å²) in [4.78, 5) is 2.15. The van der Waals surface area contributed by atoms with Gasteiger partial charge in [0.2, 0.25) is 0 Å². The first-order chi connectivity index (χ1) is 8.24. The van der Waals surface area contributed by atoms with Crippen molar-refractivity contribution in [2.45, 2.75) is 18.9 Å². The maximum absolute atomic E-state index is 9.72. The molecule has 4 heteroatoms. The first-order valence-corrected chi connectivity index (χ1v) is 5.89. The summed E-state index contributed by atoms with van der Waals surface area (Å²) in [5.74, 6) is 1.63. The predicted octanol–water partition coefficient (Wildman–Crippen LogP) is 1.66. The van der Waals surface area contributed by atoms with Crippen molar-refractivity contribution in [2.24, 2.45) is 0 Å². The van der Waals surface area contributed by atoms with E-state index in [-0.39, 0.29) is 6.10 Å². The number of aliphatic hydroxyl groups excluding tert-OH is 1. The fourth-order valence-electron chi connectivity index (χ4n) is 2.22. The van der Waals surface area contributed by atoms with Crippen molar-refractivity contribution in [1.82, 2.24) is 0 Å². The third-order valence-corrected chi connectivity index (χ3v) is 3.12. The lowest BCUT2D eigenvalue weighted by molar-refractivity contribution is 0.154. The fraction of sp³-hybridized carbons (Fsp3) is 0.538. The molecule has 4 nitrogen and oxygen atoms in total. The van der Waals surface area contributed by atoms with Crippen LogP contribution in [0, 0.1) is 0 Å². The maximum Gasteiger partial charge on any atom is 0.142 e. The lowest BCUT2D eigenvalue weighted by atomic mass is 10.1. The average Bonchev–Trinajstić information content (AvgIpc) is 2.38. The number of nitrogens with zero attached hydrogens (tertiary/aromatic N) is 1. The van der Waals surface area contributed by atoms with E-state index in [1.165, 1.54) is 0 Å². The molecule has 1 aliphatic heterocycles. The molecule has 0 aromatic heterocycles. The lowest BCUT2D eigenvalue weighted by Crippen LogP contribution is -2.38. The van der Waals surface area contributed by atoms with Crippen LogP contribution in [0.4, 0.5) is 5.69 Å². The van der Waals surface area contributed by atoms with Gasteiger partial charge in [0.05, 0.1) is 26.0 Å². The van der Waals surface area contributed by atoms with Crippen LogP contribution in [0.1, 0.15) is 12.8 Å². The zero-order chi connectivity index (χ0) is 12.3. The third kappa shape index (κ3) is 2.64. The number of rotatable bonds is 3. The number of methoxy groups -OCH3 is 2. The van der Waals surface area contributed by atoms with Gasteiger partial charge < -0.3 is 19.5 Å². The van der Waals surface area contributed by atoms with E-state index < -0.39 is 0 Å². The van der Waals surface area contributed by atoms with Crippen LogP contribution < -0.4 is 14.4 Å². The molecule has 1 unspecified atom stereocenters. The number of ether oxygens (including phenoxy) is 2. The van der Waals surface area contributed by atoms with E-state index in [1.807, 2.05) is 18.2 Å². The molecular weight excluding hydrogens is 218 g/mol. The molecule has 1 aromatic carbocycles. The normalized spacial score (nSPS) is 20.2. The molecule has 1 atom stereocenters. The van der Waals surface area contributed by atoms with Crippen molar-refractivity contribution >= 4 is 5.69 Å². The smallest absolute Gasteiger partial charge is 0.142 e. The summed E-state index contributed by atoms with van der Waals surface area (Å²) in [7, 11) is 3.31. The number of anilines is 1. The highest BCUT2D eigenvalue weighted by molar-refractivity contribution is 5.62. The van der Waals surface area contributed by atoms with Crippen LogP contribution in [0.15, 0.2) is 18.2 Å². The standard InChI is InChI=1S/C13H19NO3/c1-16-11-5-6-13(17-2)12(8-11)14-7-3-4-10(15)9-14/h5-6,8,10,15H,3-4,7,9H2,1-2H3. The van der Waals surface area contributed by atoms with Gasteiger partial charge in [-0.15, -0.1) is 0 Å². The SMILES string of the molecule is COc1ccc(OC)c(N2CCCC(O)C2)c1. The Bertz CT molecular complexity index is 381. The summed E-state index contributed by atoms with van der Waals surface area (Å²) in [5.41, 5.74) is 0.991. The molecule has 0 spiro atoms. The number of piperidine rings is 1. The van der Waals surface area contributed by atoms with Crippen molar-refractivity contribution in [3.05, 3.63) is 18.2 Å². The summed E-state index contributed by atoms with van der Waals surface area (Å²) < 4.78 is 10.6. The molecule has 1 heterocycles. The molecule has 17 heavy (non-hydrogen) atoms. The van der Waals surface area contributed by atoms with Gasteiger partial charge in [-0.1, -0.05) is 0 Å². The minimum Gasteiger partial charge on any atom is -0.497 e. The van der Waals surface area contributed by atoms with Gasteiger partial charge in [-0.25, -0.2) is 0 Å². The number of hydrogen-bond donors (Lipinski definition) is 1. The molecule has 0 radical (unpaired) electrons. The Kier molecular flexibility index (Phi) is 3.74. The highest BCUT2D eigenvalue weighted by atomic mass is 16.5. The van der Waals surface area contributed by atoms with E-state index in [1.54, 1.807) is 14.2 Å². The van der Waals surface area contributed by atoms with Crippen LogP contribution in [0.2, 0.25) is 0 Å². The van der Waals surface area contributed by atoms with Gasteiger partial charge in [0, 0.05) is 19.2 Å². The zero-order valence-corrected chi connectivity index (χ0v) is 10.3. The first-order valence-electron chi connectivity index (χ1n) is 5.89. The van der Waals surface area contributed by atoms with E-state index in [4.69, 9.17) is 9.47 Å². The van der Waals surface area contributed by atoms with Crippen LogP contribution in [-0.2, 0) is 0 Å². The summed E-state index contributed by atoms with van der Waals surface area (Å²) >= 11 is 0. The number of hydrogen-bond acceptors (Lipinski definition) is 4. The van der Waals surface area contributed by atoms with Gasteiger partial charge in [-0.05, 0) is 25.0 Å². The number of benzene rings is 1. The molecule has 1 aliphatic rings. The van der Waals surface area contributed by atoms with E-state index in [9.17, 15) is 5.11 Å². The summed E-state index contributed by atoms with van der Waals surface area (Å²) in [6.07, 6.45) is 1.63. The van der Waals surface area contributed by atoms with Gasteiger partial charge in [0.15, 0.2) is 0 Å². The first kappa shape index (κ1) is 12.0. The molecule has 0 bridgehead atoms. The quantitative estimate of drug-likeness (QED) is 0.868. The Hall–Kier alpha value is -1.42.